The average Bonchev–Trinajstić information content (AvgIpc) is 3.57. The topological polar surface area (TPSA) is 92.3 Å². The van der Waals surface area contributed by atoms with E-state index in [0.717, 1.165) is 36.0 Å². The zero-order valence-electron chi connectivity index (χ0n) is 22.4. The van der Waals surface area contributed by atoms with Gasteiger partial charge in [-0.2, -0.15) is 4.31 Å². The first-order valence-corrected chi connectivity index (χ1v) is 15.1. The fraction of sp³-hybridized carbons (Fsp3) is 0.481. The van der Waals surface area contributed by atoms with Crippen molar-refractivity contribution in [3.05, 3.63) is 48.0 Å². The Morgan fingerprint density at radius 1 is 1.13 bits per heavy atom. The molecule has 0 spiro atoms. The molecule has 1 saturated heterocycles. The number of nitrogens with zero attached hydrogens (tertiary/aromatic N) is 4. The molecule has 0 bridgehead atoms. The van der Waals surface area contributed by atoms with Gasteiger partial charge in [0.05, 0.1) is 22.3 Å². The lowest BCUT2D eigenvalue weighted by Crippen LogP contribution is -2.34. The fourth-order valence-electron chi connectivity index (χ4n) is 4.41. The zero-order valence-corrected chi connectivity index (χ0v) is 24.1. The van der Waals surface area contributed by atoms with Crippen molar-refractivity contribution >= 4 is 42.6 Å². The molecule has 0 radical (unpaired) electrons. The number of benzene rings is 2. The average molecular weight is 561 g/mol. The van der Waals surface area contributed by atoms with Gasteiger partial charge in [-0.1, -0.05) is 17.4 Å². The third kappa shape index (κ3) is 6.52. The lowest BCUT2D eigenvalue weighted by atomic mass is 10.2. The minimum atomic E-state index is -3.69. The number of carbonyl (C=O) groups excluding carboxylic acids is 1. The van der Waals surface area contributed by atoms with Gasteiger partial charge in [0, 0.05) is 32.3 Å². The number of likely N-dealkylation sites (N-methyl/N-ethyl adjacent to an activating group) is 1. The van der Waals surface area contributed by atoms with E-state index in [4.69, 9.17) is 14.5 Å². The summed E-state index contributed by atoms with van der Waals surface area (Å²) in [6.07, 6.45) is 2.48. The van der Waals surface area contributed by atoms with E-state index in [1.165, 1.54) is 27.8 Å². The molecule has 206 valence electrons. The molecule has 0 saturated carbocycles. The molecule has 1 aromatic heterocycles. The highest BCUT2D eigenvalue weighted by Gasteiger charge is 2.27. The molecule has 1 amide bonds. The third-order valence-corrected chi connectivity index (χ3v) is 9.31. The molecule has 2 heterocycles. The van der Waals surface area contributed by atoms with Crippen LogP contribution in [0.5, 0.6) is 5.75 Å². The van der Waals surface area contributed by atoms with E-state index in [1.807, 2.05) is 39.2 Å². The fourth-order valence-corrected chi connectivity index (χ4v) is 6.62. The predicted octanol–water partition coefficient (Wildman–Crippen LogP) is 4.09. The molecule has 1 aliphatic heterocycles. The Hall–Kier alpha value is -2.57. The summed E-state index contributed by atoms with van der Waals surface area (Å²) < 4.78 is 39.8. The first-order valence-electron chi connectivity index (χ1n) is 12.9. The van der Waals surface area contributed by atoms with E-state index < -0.39 is 10.0 Å². The number of thiazole rings is 1. The second-order valence-corrected chi connectivity index (χ2v) is 12.6. The lowest BCUT2D eigenvalue weighted by Gasteiger charge is -2.22. The number of fused-ring (bicyclic) bond motifs is 1. The predicted molar refractivity (Wildman–Crippen MR) is 151 cm³/mol. The molecule has 4 rings (SSSR count). The summed E-state index contributed by atoms with van der Waals surface area (Å²) in [5, 5.41) is 0.587. The molecular weight excluding hydrogens is 524 g/mol. The van der Waals surface area contributed by atoms with Crippen molar-refractivity contribution in [3.8, 4) is 5.75 Å². The summed E-state index contributed by atoms with van der Waals surface area (Å²) in [4.78, 5) is 22.4. The standard InChI is InChI=1S/C27H36N4O5S2/c1-5-35-23-10-6-11-24-25(23)28-27(37-24)31(17-8-16-29(2)3)26(32)20-12-14-22(15-13-20)38(33,34)30(4)19-21-9-7-18-36-21/h6,10-15,21H,5,7-9,16-19H2,1-4H3. The van der Waals surface area contributed by atoms with Gasteiger partial charge < -0.3 is 14.4 Å². The van der Waals surface area contributed by atoms with E-state index in [2.05, 4.69) is 4.90 Å². The molecule has 1 aliphatic rings. The minimum absolute atomic E-state index is 0.0802. The monoisotopic (exact) mass is 560 g/mol. The van der Waals surface area contributed by atoms with Gasteiger partial charge in [-0.05, 0) is 83.2 Å². The summed E-state index contributed by atoms with van der Waals surface area (Å²) in [6, 6.07) is 11.9. The van der Waals surface area contributed by atoms with Crippen molar-refractivity contribution in [2.75, 3.05) is 58.9 Å². The number of ether oxygens (including phenoxy) is 2. The van der Waals surface area contributed by atoms with Crippen LogP contribution in [0.1, 0.15) is 36.5 Å². The van der Waals surface area contributed by atoms with Crippen molar-refractivity contribution in [1.29, 1.82) is 0 Å². The highest BCUT2D eigenvalue weighted by atomic mass is 32.2. The molecule has 0 aliphatic carbocycles. The smallest absolute Gasteiger partial charge is 0.260 e. The van der Waals surface area contributed by atoms with Gasteiger partial charge in [-0.3, -0.25) is 9.69 Å². The van der Waals surface area contributed by atoms with Crippen LogP contribution in [0.4, 0.5) is 5.13 Å². The number of aromatic nitrogens is 1. The van der Waals surface area contributed by atoms with Crippen LogP contribution in [-0.2, 0) is 14.8 Å². The summed E-state index contributed by atoms with van der Waals surface area (Å²) >= 11 is 1.44. The molecule has 1 fully saturated rings. The Labute approximate surface area is 229 Å². The van der Waals surface area contributed by atoms with Gasteiger partial charge in [0.15, 0.2) is 5.13 Å². The number of hydrogen-bond donors (Lipinski definition) is 0. The van der Waals surface area contributed by atoms with Gasteiger partial charge in [0.1, 0.15) is 11.3 Å². The van der Waals surface area contributed by atoms with E-state index in [-0.39, 0.29) is 16.9 Å². The number of carbonyl (C=O) groups is 1. The molecule has 9 nitrogen and oxygen atoms in total. The minimum Gasteiger partial charge on any atom is -0.492 e. The summed E-state index contributed by atoms with van der Waals surface area (Å²) in [6.45, 7) is 4.72. The number of sulfonamides is 1. The second kappa shape index (κ2) is 12.5. The van der Waals surface area contributed by atoms with Crippen molar-refractivity contribution in [2.45, 2.75) is 37.2 Å². The molecule has 0 N–H and O–H groups in total. The number of rotatable bonds is 12. The normalized spacial score (nSPS) is 16.0. The van der Waals surface area contributed by atoms with Crippen LogP contribution in [0.3, 0.4) is 0 Å². The van der Waals surface area contributed by atoms with Crippen molar-refractivity contribution in [2.24, 2.45) is 0 Å². The number of hydrogen-bond acceptors (Lipinski definition) is 8. The van der Waals surface area contributed by atoms with Gasteiger partial charge in [-0.15, -0.1) is 0 Å². The van der Waals surface area contributed by atoms with Gasteiger partial charge in [-0.25, -0.2) is 13.4 Å². The van der Waals surface area contributed by atoms with Crippen LogP contribution in [0, 0.1) is 0 Å². The molecule has 1 unspecified atom stereocenters. The zero-order chi connectivity index (χ0) is 27.3. The van der Waals surface area contributed by atoms with E-state index in [9.17, 15) is 13.2 Å². The number of anilines is 1. The molecule has 11 heteroatoms. The summed E-state index contributed by atoms with van der Waals surface area (Å²) in [5.41, 5.74) is 1.13. The largest absolute Gasteiger partial charge is 0.492 e. The Balaban J connectivity index is 1.58. The Kier molecular flexibility index (Phi) is 9.37. The van der Waals surface area contributed by atoms with Crippen LogP contribution in [0.25, 0.3) is 10.2 Å². The van der Waals surface area contributed by atoms with Gasteiger partial charge in [0.25, 0.3) is 5.91 Å². The van der Waals surface area contributed by atoms with Crippen molar-refractivity contribution in [1.82, 2.24) is 14.2 Å². The van der Waals surface area contributed by atoms with Crippen molar-refractivity contribution in [3.63, 3.8) is 0 Å². The van der Waals surface area contributed by atoms with E-state index in [1.54, 1.807) is 24.1 Å². The van der Waals surface area contributed by atoms with Gasteiger partial charge >= 0.3 is 0 Å². The third-order valence-electron chi connectivity index (χ3n) is 6.43. The number of amides is 1. The lowest BCUT2D eigenvalue weighted by molar-refractivity contribution is 0.0978. The van der Waals surface area contributed by atoms with Crippen LogP contribution in [0.15, 0.2) is 47.4 Å². The van der Waals surface area contributed by atoms with Gasteiger partial charge in [0.2, 0.25) is 10.0 Å². The second-order valence-electron chi connectivity index (χ2n) is 9.59. The first-order chi connectivity index (χ1) is 18.2. The molecule has 2 aromatic carbocycles. The highest BCUT2D eigenvalue weighted by Crippen LogP contribution is 2.35. The Bertz CT molecular complexity index is 1340. The summed E-state index contributed by atoms with van der Waals surface area (Å²) in [7, 11) is 1.85. The quantitative estimate of drug-likeness (QED) is 0.329. The highest BCUT2D eigenvalue weighted by molar-refractivity contribution is 7.89. The Morgan fingerprint density at radius 3 is 2.55 bits per heavy atom. The maximum absolute atomic E-state index is 13.7. The SMILES string of the molecule is CCOc1cccc2sc(N(CCCN(C)C)C(=O)c3ccc(S(=O)(=O)N(C)CC4CCCO4)cc3)nc12. The maximum Gasteiger partial charge on any atom is 0.260 e. The van der Waals surface area contributed by atoms with Crippen LogP contribution < -0.4 is 9.64 Å². The Morgan fingerprint density at radius 2 is 1.89 bits per heavy atom. The van der Waals surface area contributed by atoms with Crippen LogP contribution in [-0.4, -0.2) is 88.6 Å². The summed E-state index contributed by atoms with van der Waals surface area (Å²) in [5.74, 6) is 0.465. The molecule has 38 heavy (non-hydrogen) atoms. The maximum atomic E-state index is 13.7. The van der Waals surface area contributed by atoms with Crippen LogP contribution >= 0.6 is 11.3 Å². The molecular formula is C27H36N4O5S2. The van der Waals surface area contributed by atoms with Crippen LogP contribution in [0.2, 0.25) is 0 Å². The van der Waals surface area contributed by atoms with E-state index in [0.29, 0.717) is 42.7 Å². The van der Waals surface area contributed by atoms with E-state index >= 15 is 0 Å². The number of para-hydroxylation sites is 1. The molecule has 1 atom stereocenters. The molecule has 3 aromatic rings. The first kappa shape index (κ1) is 28.4. The van der Waals surface area contributed by atoms with Crippen molar-refractivity contribution < 1.29 is 22.7 Å².